The second-order valence-corrected chi connectivity index (χ2v) is 16.5. The molecule has 324 valence electrons. The number of aromatic nitrogens is 2. The Hall–Kier alpha value is -1.05. The molecule has 0 N–H and O–H groups in total. The van der Waals surface area contributed by atoms with Gasteiger partial charge >= 0.3 is 130 Å². The van der Waals surface area contributed by atoms with E-state index in [4.69, 9.17) is 24.0 Å². The second kappa shape index (κ2) is 28.1. The van der Waals surface area contributed by atoms with Crippen molar-refractivity contribution in [2.45, 2.75) is 38.9 Å². The van der Waals surface area contributed by atoms with Crippen LogP contribution in [0.15, 0.2) is 143 Å². The van der Waals surface area contributed by atoms with Crippen molar-refractivity contribution in [1.29, 1.82) is 0 Å². The van der Waals surface area contributed by atoms with Crippen molar-refractivity contribution < 1.29 is 94.9 Å². The van der Waals surface area contributed by atoms with Crippen LogP contribution in [0.4, 0.5) is 17.1 Å². The number of rotatable bonds is 7. The van der Waals surface area contributed by atoms with Gasteiger partial charge in [0.2, 0.25) is 0 Å². The molecular formula is C42H34BBr2K3N5O12P. The average molecular weight is 1120 g/mol. The number of nitro groups is 3. The number of pyridine rings is 2. The van der Waals surface area contributed by atoms with Crippen molar-refractivity contribution in [3.8, 4) is 22.3 Å². The molecule has 2 aromatic heterocycles. The Bertz CT molecular complexity index is 2700. The van der Waals surface area contributed by atoms with Gasteiger partial charge in [-0.05, 0) is 90.2 Å². The van der Waals surface area contributed by atoms with Gasteiger partial charge in [0.05, 0.1) is 53.6 Å². The summed E-state index contributed by atoms with van der Waals surface area (Å²) in [5.74, 6) is 0. The van der Waals surface area contributed by atoms with Crippen molar-refractivity contribution in [1.82, 2.24) is 9.97 Å². The fourth-order valence-electron chi connectivity index (χ4n) is 6.27. The van der Waals surface area contributed by atoms with Crippen LogP contribution in [-0.4, -0.2) is 106 Å². The normalized spacial score (nSPS) is 13.2. The standard InChI is InChI=1S/C21H13N3O4.C12H16BNO4.C9H5Br2N.3K.HO4P/c25-23(26)19-9-3-1-6-15(19)14-11-12-18(21-17(14)8-5-13-22-21)16-7-2-4-10-20(16)24(27)28;1-11(2)12(3,4)18-13(17-11)9-7-5-6-8-10(9)14(15)16;10-7-3-4-8(11)9-6(7)2-1-5-12-9;;;;1-4-5(2)3/h1-13H;5-8H,1-4H3;1-5H;;;;1H/q;;;;;+1;/p-1. The van der Waals surface area contributed by atoms with Crippen LogP contribution >= 0.6 is 40.1 Å². The molecule has 24 heteroatoms. The Labute approximate surface area is 484 Å². The Morgan fingerprint density at radius 1 is 0.591 bits per heavy atom. The van der Waals surface area contributed by atoms with Crippen LogP contribution < -0.4 is 67.0 Å². The third-order valence-corrected chi connectivity index (χ3v) is 11.4. The molecule has 1 aliphatic rings. The number of benzene rings is 5. The van der Waals surface area contributed by atoms with E-state index in [1.165, 1.54) is 81.4 Å². The molecule has 7 aromatic rings. The van der Waals surface area contributed by atoms with Gasteiger partial charge in [0.1, 0.15) is 0 Å². The predicted molar refractivity (Wildman–Crippen MR) is 252 cm³/mol. The van der Waals surface area contributed by atoms with Crippen LogP contribution in [-0.2, 0) is 18.5 Å². The molecule has 5 aromatic carbocycles. The fraction of sp³-hybridized carbons (Fsp3) is 0.143. The topological polar surface area (TPSA) is 246 Å². The maximum atomic E-state index is 11.5. The first kappa shape index (κ1) is 59.3. The molecule has 0 bridgehead atoms. The number of nitrogens with zero attached hydrogens (tertiary/aromatic N) is 5. The summed E-state index contributed by atoms with van der Waals surface area (Å²) in [6, 6.07) is 34.4. The molecule has 1 unspecified atom stereocenters. The van der Waals surface area contributed by atoms with E-state index in [1.54, 1.807) is 85.2 Å². The zero-order chi connectivity index (χ0) is 48.1. The first-order chi connectivity index (χ1) is 30.9. The van der Waals surface area contributed by atoms with Gasteiger partial charge in [-0.1, -0.05) is 82.7 Å². The molecule has 0 aliphatic carbocycles. The van der Waals surface area contributed by atoms with Crippen LogP contribution in [0.5, 0.6) is 0 Å². The summed E-state index contributed by atoms with van der Waals surface area (Å²) in [6.45, 7) is 7.67. The summed E-state index contributed by atoms with van der Waals surface area (Å²) < 4.78 is 25.1. The van der Waals surface area contributed by atoms with Crippen molar-refractivity contribution in [3.63, 3.8) is 0 Å². The van der Waals surface area contributed by atoms with Crippen LogP contribution in [0, 0.1) is 30.3 Å². The number of halogens is 2. The quantitative estimate of drug-likeness (QED) is 0.0622. The summed E-state index contributed by atoms with van der Waals surface area (Å²) >= 11 is 9.42. The summed E-state index contributed by atoms with van der Waals surface area (Å²) in [4.78, 5) is 50.2. The van der Waals surface area contributed by atoms with E-state index < -0.39 is 41.3 Å². The van der Waals surface area contributed by atoms with Crippen LogP contribution in [0.25, 0.3) is 44.1 Å². The van der Waals surface area contributed by atoms with E-state index in [9.17, 15) is 30.3 Å². The van der Waals surface area contributed by atoms with Crippen molar-refractivity contribution in [2.24, 2.45) is 0 Å². The summed E-state index contributed by atoms with van der Waals surface area (Å²) in [6.07, 6.45) is 3.39. The van der Waals surface area contributed by atoms with Crippen LogP contribution in [0.1, 0.15) is 27.7 Å². The number of para-hydroxylation sites is 3. The van der Waals surface area contributed by atoms with Gasteiger partial charge in [0, 0.05) is 55.9 Å². The minimum atomic E-state index is -3.15. The van der Waals surface area contributed by atoms with E-state index in [0.717, 1.165) is 19.8 Å². The number of fused-ring (bicyclic) bond motifs is 2. The van der Waals surface area contributed by atoms with E-state index in [1.807, 2.05) is 58.0 Å². The maximum absolute atomic E-state index is 11.5. The molecular weight excluding hydrogens is 1090 g/mol. The molecule has 1 fully saturated rings. The molecule has 17 nitrogen and oxygen atoms in total. The molecule has 66 heavy (non-hydrogen) atoms. The average Bonchev–Trinajstić information content (AvgIpc) is 3.53. The Morgan fingerprint density at radius 2 is 1.00 bits per heavy atom. The Balaban J connectivity index is 0.000000261. The van der Waals surface area contributed by atoms with E-state index >= 15 is 0 Å². The van der Waals surface area contributed by atoms with Crippen molar-refractivity contribution in [2.75, 3.05) is 0 Å². The van der Waals surface area contributed by atoms with Crippen LogP contribution in [0.2, 0.25) is 0 Å². The molecule has 0 radical (unpaired) electrons. The number of nitro benzene ring substituents is 3. The number of hydrogen-bond donors (Lipinski definition) is 0. The first-order valence-electron chi connectivity index (χ1n) is 19.5. The monoisotopic (exact) mass is 1120 g/mol. The molecule has 1 aliphatic heterocycles. The fourth-order valence-corrected chi connectivity index (χ4v) is 7.17. The van der Waals surface area contributed by atoms with Crippen molar-refractivity contribution in [3.05, 3.63) is 173 Å². The first-order valence-corrected chi connectivity index (χ1v) is 38.1. The summed E-state index contributed by atoms with van der Waals surface area (Å²) in [5.41, 5.74) is 3.17. The van der Waals surface area contributed by atoms with Gasteiger partial charge in [-0.2, -0.15) is 0 Å². The Morgan fingerprint density at radius 3 is 1.48 bits per heavy atom. The van der Waals surface area contributed by atoms with Gasteiger partial charge in [-0.15, -0.1) is 0 Å². The van der Waals surface area contributed by atoms with E-state index in [0.29, 0.717) is 38.6 Å². The van der Waals surface area contributed by atoms with Gasteiger partial charge in [-0.3, -0.25) is 40.3 Å². The van der Waals surface area contributed by atoms with Crippen LogP contribution in [0.3, 0.4) is 0 Å². The molecule has 8 rings (SSSR count). The molecule has 3 heterocycles. The third-order valence-electron chi connectivity index (χ3n) is 9.92. The Kier molecular flexibility index (Phi) is 25.2. The third kappa shape index (κ3) is 15.5. The van der Waals surface area contributed by atoms with Crippen molar-refractivity contribution >= 4 is 155 Å². The van der Waals surface area contributed by atoms with E-state index in [2.05, 4.69) is 46.5 Å². The zero-order valence-corrected chi connectivity index (χ0v) is 50.1. The van der Waals surface area contributed by atoms with Gasteiger partial charge in [0.25, 0.3) is 17.1 Å². The summed E-state index contributed by atoms with van der Waals surface area (Å²) in [7, 11) is -3.85. The summed E-state index contributed by atoms with van der Waals surface area (Å²) in [5, 5.41) is 44.3. The molecule has 0 amide bonds. The molecule has 1 saturated heterocycles. The van der Waals surface area contributed by atoms with Gasteiger partial charge in [0.15, 0.2) is 0 Å². The van der Waals surface area contributed by atoms with Gasteiger partial charge < -0.3 is 19.5 Å². The van der Waals surface area contributed by atoms with E-state index in [-0.39, 0.29) is 68.4 Å². The SMILES string of the molecule is Brc1ccc(Br)c2ncccc12.CC1(C)OB(c2ccccc2[N+](=O)[O-])OC1(C)C.O=[N+]([O-])c1ccccc1-c1ccc(-c2ccccc2[N+](=O)[O-])c2ncccc12.O=[P+]([O-])O[O-].[K+].[K][K]. The number of hydrogen-bond acceptors (Lipinski definition) is 14. The molecule has 0 spiro atoms. The molecule has 0 saturated carbocycles. The second-order valence-electron chi connectivity index (χ2n) is 14.2. The predicted octanol–water partition coefficient (Wildman–Crippen LogP) is 5.58. The molecule has 1 atom stereocenters. The zero-order valence-electron chi connectivity index (χ0n) is 36.6. The minimum absolute atomic E-state index is 0. The van der Waals surface area contributed by atoms with Gasteiger partial charge in [-0.25, -0.2) is 4.67 Å².